The molecule has 0 radical (unpaired) electrons. The van der Waals surface area contributed by atoms with Gasteiger partial charge >= 0.3 is 0 Å². The molecule has 3 N–H and O–H groups in total. The number of fused-ring (bicyclic) bond motifs is 1. The number of pyridine rings is 1. The van der Waals surface area contributed by atoms with E-state index < -0.39 is 0 Å². The highest BCUT2D eigenvalue weighted by Gasteiger charge is 2.04. The van der Waals surface area contributed by atoms with Crippen LogP contribution in [0, 0.1) is 0 Å². The van der Waals surface area contributed by atoms with Crippen LogP contribution in [0.2, 0.25) is 0 Å². The van der Waals surface area contributed by atoms with Crippen molar-refractivity contribution in [3.05, 3.63) is 48.5 Å². The molecule has 1 aromatic carbocycles. The fourth-order valence-corrected chi connectivity index (χ4v) is 2.34. The highest BCUT2D eigenvalue weighted by molar-refractivity contribution is 6.00. The molecule has 0 unspecified atom stereocenters. The zero-order chi connectivity index (χ0) is 13.9. The molecular weight excluding hydrogens is 250 g/mol. The molecule has 5 nitrogen and oxygen atoms in total. The molecule has 0 aliphatic rings. The molecule has 0 spiro atoms. The van der Waals surface area contributed by atoms with Crippen molar-refractivity contribution in [2.45, 2.75) is 6.42 Å². The summed E-state index contributed by atoms with van der Waals surface area (Å²) >= 11 is 0. The van der Waals surface area contributed by atoms with Gasteiger partial charge in [-0.15, -0.1) is 0 Å². The van der Waals surface area contributed by atoms with Crippen molar-refractivity contribution in [1.29, 1.82) is 0 Å². The maximum Gasteiger partial charge on any atom is 0.0492 e. The van der Waals surface area contributed by atoms with E-state index in [1.807, 2.05) is 42.2 Å². The Bertz CT molecular complexity index is 732. The van der Waals surface area contributed by atoms with Crippen LogP contribution in [0.15, 0.2) is 42.9 Å². The van der Waals surface area contributed by atoms with Crippen LogP contribution in [0.3, 0.4) is 0 Å². The second kappa shape index (κ2) is 5.21. The summed E-state index contributed by atoms with van der Waals surface area (Å²) in [6, 6.07) is 7.95. The first kappa shape index (κ1) is 12.5. The first-order chi connectivity index (χ1) is 9.75. The molecule has 0 saturated heterocycles. The Morgan fingerprint density at radius 1 is 1.15 bits per heavy atom. The van der Waals surface area contributed by atoms with E-state index in [9.17, 15) is 0 Å². The molecule has 0 aliphatic carbocycles. The van der Waals surface area contributed by atoms with Gasteiger partial charge in [-0.3, -0.25) is 9.67 Å². The van der Waals surface area contributed by atoms with Crippen LogP contribution in [-0.4, -0.2) is 21.3 Å². The van der Waals surface area contributed by atoms with Crippen molar-refractivity contribution in [2.75, 3.05) is 17.6 Å². The number of hydrogen-bond acceptors (Lipinski definition) is 4. The third-order valence-corrected chi connectivity index (χ3v) is 3.47. The summed E-state index contributed by atoms with van der Waals surface area (Å²) < 4.78 is 1.90. The Morgan fingerprint density at radius 2 is 2.05 bits per heavy atom. The van der Waals surface area contributed by atoms with Crippen LogP contribution in [-0.2, 0) is 13.5 Å². The molecule has 0 aliphatic heterocycles. The molecule has 20 heavy (non-hydrogen) atoms. The van der Waals surface area contributed by atoms with Gasteiger partial charge in [-0.1, -0.05) is 0 Å². The van der Waals surface area contributed by atoms with E-state index in [0.29, 0.717) is 0 Å². The van der Waals surface area contributed by atoms with Gasteiger partial charge in [0, 0.05) is 66.4 Å². The predicted molar refractivity (Wildman–Crippen MR) is 81.6 cm³/mol. The predicted octanol–water partition coefficient (Wildman–Crippen LogP) is 2.21. The van der Waals surface area contributed by atoms with Gasteiger partial charge in [0.1, 0.15) is 0 Å². The zero-order valence-corrected chi connectivity index (χ0v) is 11.4. The zero-order valence-electron chi connectivity index (χ0n) is 11.4. The largest absolute Gasteiger partial charge is 0.398 e. The molecule has 3 rings (SSSR count). The smallest absolute Gasteiger partial charge is 0.0492 e. The minimum absolute atomic E-state index is 0.755. The van der Waals surface area contributed by atoms with Crippen molar-refractivity contribution in [3.8, 4) is 0 Å². The van der Waals surface area contributed by atoms with Gasteiger partial charge in [-0.2, -0.15) is 5.10 Å². The number of rotatable bonds is 4. The number of nitrogens with one attached hydrogen (secondary N) is 1. The number of nitrogens with two attached hydrogens (primary N) is 1. The van der Waals surface area contributed by atoms with Crippen molar-refractivity contribution >= 4 is 22.1 Å². The van der Waals surface area contributed by atoms with E-state index in [1.54, 1.807) is 12.4 Å². The van der Waals surface area contributed by atoms with Crippen molar-refractivity contribution < 1.29 is 0 Å². The molecule has 2 aromatic heterocycles. The quantitative estimate of drug-likeness (QED) is 0.711. The van der Waals surface area contributed by atoms with Crippen LogP contribution in [0.25, 0.3) is 10.8 Å². The van der Waals surface area contributed by atoms with E-state index >= 15 is 0 Å². The Kier molecular flexibility index (Phi) is 3.25. The lowest BCUT2D eigenvalue weighted by molar-refractivity contribution is 0.711. The van der Waals surface area contributed by atoms with Crippen molar-refractivity contribution in [1.82, 2.24) is 14.8 Å². The highest BCUT2D eigenvalue weighted by atomic mass is 15.3. The second-order valence-electron chi connectivity index (χ2n) is 4.75. The first-order valence-electron chi connectivity index (χ1n) is 6.58. The summed E-state index contributed by atoms with van der Waals surface area (Å²) in [5, 5.41) is 9.71. The number of benzene rings is 1. The van der Waals surface area contributed by atoms with Gasteiger partial charge in [0.15, 0.2) is 0 Å². The fraction of sp³-hybridized carbons (Fsp3) is 0.200. The standard InChI is InChI=1S/C15H17N5/c1-20-11(5-9-19-20)4-8-18-15-3-2-14(16)13-10-17-7-6-12(13)15/h2-3,5-7,9-10,18H,4,8,16H2,1H3. The number of aryl methyl sites for hydroxylation is 1. The highest BCUT2D eigenvalue weighted by Crippen LogP contribution is 2.27. The number of nitrogen functional groups attached to an aromatic ring is 1. The Morgan fingerprint density at radius 3 is 2.85 bits per heavy atom. The van der Waals surface area contributed by atoms with Crippen LogP contribution in [0.5, 0.6) is 0 Å². The summed E-state index contributed by atoms with van der Waals surface area (Å²) in [6.45, 7) is 0.848. The third kappa shape index (κ3) is 2.30. The van der Waals surface area contributed by atoms with Gasteiger partial charge < -0.3 is 11.1 Å². The van der Waals surface area contributed by atoms with Gasteiger partial charge in [0.05, 0.1) is 0 Å². The SMILES string of the molecule is Cn1nccc1CCNc1ccc(N)c2cnccc12. The van der Waals surface area contributed by atoms with E-state index in [-0.39, 0.29) is 0 Å². The van der Waals surface area contributed by atoms with Crippen LogP contribution in [0.1, 0.15) is 5.69 Å². The lowest BCUT2D eigenvalue weighted by Gasteiger charge is -2.11. The topological polar surface area (TPSA) is 68.8 Å². The monoisotopic (exact) mass is 267 g/mol. The molecule has 0 bridgehead atoms. The molecule has 2 heterocycles. The van der Waals surface area contributed by atoms with E-state index in [1.165, 1.54) is 5.69 Å². The minimum atomic E-state index is 0.755. The van der Waals surface area contributed by atoms with Crippen molar-refractivity contribution in [3.63, 3.8) is 0 Å². The molecule has 0 atom stereocenters. The number of nitrogens with zero attached hydrogens (tertiary/aromatic N) is 3. The van der Waals surface area contributed by atoms with Gasteiger partial charge in [-0.25, -0.2) is 0 Å². The average molecular weight is 267 g/mol. The van der Waals surface area contributed by atoms with E-state index in [0.717, 1.165) is 35.1 Å². The molecule has 0 saturated carbocycles. The Labute approximate surface area is 117 Å². The average Bonchev–Trinajstić information content (AvgIpc) is 2.87. The lowest BCUT2D eigenvalue weighted by atomic mass is 10.1. The van der Waals surface area contributed by atoms with E-state index in [4.69, 9.17) is 5.73 Å². The second-order valence-corrected chi connectivity index (χ2v) is 4.75. The first-order valence-corrected chi connectivity index (χ1v) is 6.58. The van der Waals surface area contributed by atoms with Gasteiger partial charge in [0.2, 0.25) is 0 Å². The van der Waals surface area contributed by atoms with Crippen LogP contribution >= 0.6 is 0 Å². The summed E-state index contributed by atoms with van der Waals surface area (Å²) in [5.74, 6) is 0. The van der Waals surface area contributed by atoms with Crippen LogP contribution in [0.4, 0.5) is 11.4 Å². The normalized spacial score (nSPS) is 10.8. The van der Waals surface area contributed by atoms with Crippen molar-refractivity contribution in [2.24, 2.45) is 7.05 Å². The maximum absolute atomic E-state index is 5.97. The van der Waals surface area contributed by atoms with Gasteiger partial charge in [-0.05, 0) is 24.3 Å². The Hall–Kier alpha value is -2.56. The molecule has 0 amide bonds. The molecule has 5 heteroatoms. The molecule has 0 fully saturated rings. The number of aromatic nitrogens is 3. The third-order valence-electron chi connectivity index (χ3n) is 3.47. The summed E-state index contributed by atoms with van der Waals surface area (Å²) in [5.41, 5.74) is 9.02. The maximum atomic E-state index is 5.97. The fourth-order valence-electron chi connectivity index (χ4n) is 2.34. The van der Waals surface area contributed by atoms with Gasteiger partial charge in [0.25, 0.3) is 0 Å². The summed E-state index contributed by atoms with van der Waals surface area (Å²) in [7, 11) is 1.96. The Balaban J connectivity index is 1.78. The number of anilines is 2. The molecular formula is C15H17N5. The minimum Gasteiger partial charge on any atom is -0.398 e. The lowest BCUT2D eigenvalue weighted by Crippen LogP contribution is -2.08. The summed E-state index contributed by atoms with van der Waals surface area (Å²) in [4.78, 5) is 4.13. The number of hydrogen-bond donors (Lipinski definition) is 2. The molecule has 3 aromatic rings. The van der Waals surface area contributed by atoms with E-state index in [2.05, 4.69) is 15.4 Å². The summed E-state index contributed by atoms with van der Waals surface area (Å²) in [6.07, 6.45) is 6.33. The van der Waals surface area contributed by atoms with Crippen LogP contribution < -0.4 is 11.1 Å². The molecule has 102 valence electrons.